The first-order chi connectivity index (χ1) is 11.0. The van der Waals surface area contributed by atoms with Crippen molar-refractivity contribution in [2.45, 2.75) is 25.0 Å². The maximum Gasteiger partial charge on any atom is 0.123 e. The van der Waals surface area contributed by atoms with E-state index >= 15 is 0 Å². The molecule has 1 N–H and O–H groups in total. The summed E-state index contributed by atoms with van der Waals surface area (Å²) >= 11 is 0. The average molecular weight is 321 g/mol. The molecule has 23 heavy (non-hydrogen) atoms. The van der Waals surface area contributed by atoms with Gasteiger partial charge >= 0.3 is 0 Å². The lowest BCUT2D eigenvalue weighted by atomic mass is 9.92. The fourth-order valence-corrected chi connectivity index (χ4v) is 3.88. The smallest absolute Gasteiger partial charge is 0.123 e. The maximum atomic E-state index is 13.3. The number of hydrogen-bond acceptors (Lipinski definition) is 4. The zero-order valence-corrected chi connectivity index (χ0v) is 14.0. The van der Waals surface area contributed by atoms with Crippen LogP contribution in [0, 0.1) is 5.82 Å². The van der Waals surface area contributed by atoms with Crippen LogP contribution in [0.15, 0.2) is 24.3 Å². The van der Waals surface area contributed by atoms with Crippen LogP contribution in [-0.4, -0.2) is 78.3 Å². The minimum atomic E-state index is -0.558. The highest BCUT2D eigenvalue weighted by molar-refractivity contribution is 5.16. The molecule has 2 saturated heterocycles. The van der Waals surface area contributed by atoms with Crippen LogP contribution in [0.25, 0.3) is 0 Å². The second-order valence-electron chi connectivity index (χ2n) is 7.25. The highest BCUT2D eigenvalue weighted by atomic mass is 19.1. The molecule has 1 atom stereocenters. The molecule has 2 fully saturated rings. The number of nitrogens with zero attached hydrogens (tertiary/aromatic N) is 3. The van der Waals surface area contributed by atoms with Crippen LogP contribution in [0.4, 0.5) is 4.39 Å². The lowest BCUT2D eigenvalue weighted by Crippen LogP contribution is -2.56. The van der Waals surface area contributed by atoms with Crippen LogP contribution in [0.3, 0.4) is 0 Å². The summed E-state index contributed by atoms with van der Waals surface area (Å²) in [4.78, 5) is 6.97. The minimum Gasteiger partial charge on any atom is -0.387 e. The van der Waals surface area contributed by atoms with Crippen molar-refractivity contribution < 1.29 is 9.50 Å². The third kappa shape index (κ3) is 4.73. The fraction of sp³-hybridized carbons (Fsp3) is 0.667. The molecule has 0 spiro atoms. The van der Waals surface area contributed by atoms with Crippen LogP contribution in [0.1, 0.15) is 18.4 Å². The van der Waals surface area contributed by atoms with Crippen molar-refractivity contribution in [3.63, 3.8) is 0 Å². The molecule has 3 rings (SSSR count). The van der Waals surface area contributed by atoms with Crippen molar-refractivity contribution in [1.29, 1.82) is 0 Å². The molecule has 2 heterocycles. The lowest BCUT2D eigenvalue weighted by Gasteiger charge is -2.43. The Bertz CT molecular complexity index is 519. The van der Waals surface area contributed by atoms with Gasteiger partial charge in [0.05, 0.1) is 5.60 Å². The van der Waals surface area contributed by atoms with Gasteiger partial charge in [-0.25, -0.2) is 4.39 Å². The molecule has 0 aromatic heterocycles. The molecule has 1 unspecified atom stereocenters. The van der Waals surface area contributed by atoms with E-state index < -0.39 is 5.60 Å². The normalized spacial score (nSPS) is 28.1. The van der Waals surface area contributed by atoms with Gasteiger partial charge in [-0.15, -0.1) is 0 Å². The van der Waals surface area contributed by atoms with E-state index in [-0.39, 0.29) is 5.82 Å². The van der Waals surface area contributed by atoms with Crippen molar-refractivity contribution in [2.24, 2.45) is 0 Å². The molecule has 2 aliphatic heterocycles. The van der Waals surface area contributed by atoms with Gasteiger partial charge in [-0.2, -0.15) is 0 Å². The number of benzene rings is 1. The fourth-order valence-electron chi connectivity index (χ4n) is 3.88. The summed E-state index contributed by atoms with van der Waals surface area (Å²) in [7, 11) is 2.08. The summed E-state index contributed by atoms with van der Waals surface area (Å²) in [5.74, 6) is -0.162. The SMILES string of the molecule is CN1CCCC(O)(CN2CCN(Cc3cccc(F)c3)CC2)C1. The zero-order chi connectivity index (χ0) is 16.3. The predicted molar refractivity (Wildman–Crippen MR) is 89.8 cm³/mol. The minimum absolute atomic E-state index is 0.162. The largest absolute Gasteiger partial charge is 0.387 e. The van der Waals surface area contributed by atoms with Gasteiger partial charge < -0.3 is 10.0 Å². The number of likely N-dealkylation sites (tertiary alicyclic amines) is 1. The monoisotopic (exact) mass is 321 g/mol. The number of β-amino-alcohol motifs (C(OH)–C–C–N with tert-alkyl or cyclic N) is 1. The maximum absolute atomic E-state index is 13.3. The summed E-state index contributed by atoms with van der Waals surface area (Å²) < 4.78 is 13.3. The van der Waals surface area contributed by atoms with Gasteiger partial charge in [-0.05, 0) is 44.1 Å². The van der Waals surface area contributed by atoms with Gasteiger partial charge in [-0.1, -0.05) is 12.1 Å². The van der Waals surface area contributed by atoms with Gasteiger partial charge in [0.1, 0.15) is 5.82 Å². The van der Waals surface area contributed by atoms with Crippen molar-refractivity contribution in [3.05, 3.63) is 35.6 Å². The van der Waals surface area contributed by atoms with E-state index in [1.54, 1.807) is 12.1 Å². The Morgan fingerprint density at radius 3 is 2.57 bits per heavy atom. The molecule has 128 valence electrons. The Hall–Kier alpha value is -1.01. The molecule has 2 aliphatic rings. The summed E-state index contributed by atoms with van der Waals surface area (Å²) in [6.07, 6.45) is 1.98. The number of piperidine rings is 1. The molecule has 1 aromatic carbocycles. The Balaban J connectivity index is 1.47. The molecule has 0 saturated carbocycles. The molecule has 5 heteroatoms. The lowest BCUT2D eigenvalue weighted by molar-refractivity contribution is -0.0544. The van der Waals surface area contributed by atoms with Crippen LogP contribution in [0.5, 0.6) is 0 Å². The van der Waals surface area contributed by atoms with Gasteiger partial charge in [-0.3, -0.25) is 9.80 Å². The summed E-state index contributed by atoms with van der Waals surface area (Å²) in [5, 5.41) is 10.8. The van der Waals surface area contributed by atoms with E-state index in [0.717, 1.165) is 70.8 Å². The standard InChI is InChI=1S/C18H28FN3O/c1-20-7-3-6-18(23,14-20)15-22-10-8-21(9-11-22)13-16-4-2-5-17(19)12-16/h2,4-5,12,23H,3,6-11,13-15H2,1H3. The zero-order valence-electron chi connectivity index (χ0n) is 14.0. The van der Waals surface area contributed by atoms with E-state index in [0.29, 0.717) is 0 Å². The summed E-state index contributed by atoms with van der Waals surface area (Å²) in [5.41, 5.74) is 0.476. The highest BCUT2D eigenvalue weighted by Crippen LogP contribution is 2.22. The van der Waals surface area contributed by atoms with Gasteiger partial charge in [0.2, 0.25) is 0 Å². The second kappa shape index (κ2) is 7.26. The third-order valence-corrected chi connectivity index (χ3v) is 5.02. The molecule has 0 radical (unpaired) electrons. The molecule has 0 amide bonds. The second-order valence-corrected chi connectivity index (χ2v) is 7.25. The Labute approximate surface area is 138 Å². The topological polar surface area (TPSA) is 30.0 Å². The highest BCUT2D eigenvalue weighted by Gasteiger charge is 2.34. The number of likely N-dealkylation sites (N-methyl/N-ethyl adjacent to an activating group) is 1. The molecule has 1 aromatic rings. The van der Waals surface area contributed by atoms with E-state index in [1.165, 1.54) is 6.07 Å². The van der Waals surface area contributed by atoms with Crippen LogP contribution >= 0.6 is 0 Å². The third-order valence-electron chi connectivity index (χ3n) is 5.02. The van der Waals surface area contributed by atoms with Crippen molar-refractivity contribution in [2.75, 3.05) is 52.9 Å². The number of halogens is 1. The Kier molecular flexibility index (Phi) is 5.31. The van der Waals surface area contributed by atoms with Crippen LogP contribution in [0.2, 0.25) is 0 Å². The van der Waals surface area contributed by atoms with Crippen molar-refractivity contribution in [1.82, 2.24) is 14.7 Å². The molecule has 0 aliphatic carbocycles. The van der Waals surface area contributed by atoms with Gasteiger partial charge in [0.15, 0.2) is 0 Å². The van der Waals surface area contributed by atoms with Crippen LogP contribution < -0.4 is 0 Å². The predicted octanol–water partition coefficient (Wildman–Crippen LogP) is 1.40. The van der Waals surface area contributed by atoms with Gasteiger partial charge in [0, 0.05) is 45.8 Å². The Morgan fingerprint density at radius 2 is 1.87 bits per heavy atom. The number of piperazine rings is 1. The van der Waals surface area contributed by atoms with Crippen molar-refractivity contribution in [3.8, 4) is 0 Å². The first kappa shape index (κ1) is 16.8. The average Bonchev–Trinajstić information content (AvgIpc) is 2.49. The molecular formula is C18H28FN3O. The quantitative estimate of drug-likeness (QED) is 0.908. The number of aliphatic hydroxyl groups is 1. The first-order valence-corrected chi connectivity index (χ1v) is 8.63. The number of rotatable bonds is 4. The van der Waals surface area contributed by atoms with E-state index in [4.69, 9.17) is 0 Å². The van der Waals surface area contributed by atoms with Crippen LogP contribution in [-0.2, 0) is 6.54 Å². The molecule has 4 nitrogen and oxygen atoms in total. The summed E-state index contributed by atoms with van der Waals surface area (Å²) in [6, 6.07) is 6.86. The van der Waals surface area contributed by atoms with E-state index in [1.807, 2.05) is 6.07 Å². The molecule has 0 bridgehead atoms. The summed E-state index contributed by atoms with van der Waals surface area (Å²) in [6.45, 7) is 7.33. The first-order valence-electron chi connectivity index (χ1n) is 8.63. The van der Waals surface area contributed by atoms with E-state index in [9.17, 15) is 9.50 Å². The molecular weight excluding hydrogens is 293 g/mol. The van der Waals surface area contributed by atoms with E-state index in [2.05, 4.69) is 21.7 Å². The number of hydrogen-bond donors (Lipinski definition) is 1. The van der Waals surface area contributed by atoms with Crippen molar-refractivity contribution >= 4 is 0 Å². The Morgan fingerprint density at radius 1 is 1.13 bits per heavy atom. The van der Waals surface area contributed by atoms with Gasteiger partial charge in [0.25, 0.3) is 0 Å².